The monoisotopic (exact) mass is 276 g/mol. The summed E-state index contributed by atoms with van der Waals surface area (Å²) < 4.78 is 50.1. The second-order valence-corrected chi connectivity index (χ2v) is 5.07. The fourth-order valence-corrected chi connectivity index (χ4v) is 1.57. The Balaban J connectivity index is 3.04. The SMILES string of the molecule is CCC(C)(C)c1ccc(C(=O)C(F)(F)C(F)F)cc1. The van der Waals surface area contributed by atoms with Crippen molar-refractivity contribution in [2.45, 2.75) is 45.0 Å². The van der Waals surface area contributed by atoms with E-state index in [9.17, 15) is 22.4 Å². The second-order valence-electron chi connectivity index (χ2n) is 5.07. The molecule has 0 radical (unpaired) electrons. The highest BCUT2D eigenvalue weighted by molar-refractivity contribution is 6.01. The average Bonchev–Trinajstić information content (AvgIpc) is 2.37. The van der Waals surface area contributed by atoms with Crippen LogP contribution in [0, 0.1) is 0 Å². The molecule has 1 aromatic carbocycles. The van der Waals surface area contributed by atoms with Crippen LogP contribution in [0.3, 0.4) is 0 Å². The highest BCUT2D eigenvalue weighted by atomic mass is 19.3. The van der Waals surface area contributed by atoms with Crippen molar-refractivity contribution in [3.05, 3.63) is 35.4 Å². The predicted octanol–water partition coefficient (Wildman–Crippen LogP) is 4.46. The summed E-state index contributed by atoms with van der Waals surface area (Å²) in [5.74, 6) is -6.48. The summed E-state index contributed by atoms with van der Waals surface area (Å²) >= 11 is 0. The maximum Gasteiger partial charge on any atom is 0.368 e. The van der Waals surface area contributed by atoms with E-state index in [1.807, 2.05) is 20.8 Å². The van der Waals surface area contributed by atoms with Crippen molar-refractivity contribution in [2.24, 2.45) is 0 Å². The summed E-state index contributed by atoms with van der Waals surface area (Å²) in [4.78, 5) is 11.3. The Kier molecular flexibility index (Phi) is 4.38. The van der Waals surface area contributed by atoms with Crippen molar-refractivity contribution < 1.29 is 22.4 Å². The van der Waals surface area contributed by atoms with Crippen LogP contribution in [0.5, 0.6) is 0 Å². The molecular weight excluding hydrogens is 260 g/mol. The third-order valence-electron chi connectivity index (χ3n) is 3.39. The van der Waals surface area contributed by atoms with Crippen LogP contribution in [0.1, 0.15) is 43.1 Å². The van der Waals surface area contributed by atoms with Gasteiger partial charge in [-0.15, -0.1) is 0 Å². The quantitative estimate of drug-likeness (QED) is 0.573. The molecule has 0 saturated carbocycles. The number of hydrogen-bond acceptors (Lipinski definition) is 1. The first-order valence-electron chi connectivity index (χ1n) is 5.94. The number of halogens is 4. The van der Waals surface area contributed by atoms with E-state index in [0.29, 0.717) is 0 Å². The first-order chi connectivity index (χ1) is 8.63. The number of alkyl halides is 4. The molecule has 0 saturated heterocycles. The number of hydrogen-bond donors (Lipinski definition) is 0. The number of carbonyl (C=O) groups is 1. The van der Waals surface area contributed by atoms with Crippen molar-refractivity contribution >= 4 is 5.78 Å². The Morgan fingerprint density at radius 3 is 2.00 bits per heavy atom. The zero-order chi connectivity index (χ0) is 14.8. The van der Waals surface area contributed by atoms with Crippen molar-refractivity contribution in [3.63, 3.8) is 0 Å². The van der Waals surface area contributed by atoms with Gasteiger partial charge in [-0.2, -0.15) is 8.78 Å². The molecule has 0 amide bonds. The van der Waals surface area contributed by atoms with Gasteiger partial charge in [0.05, 0.1) is 0 Å². The summed E-state index contributed by atoms with van der Waals surface area (Å²) in [6.45, 7) is 5.92. The lowest BCUT2D eigenvalue weighted by Crippen LogP contribution is -2.36. The van der Waals surface area contributed by atoms with Gasteiger partial charge in [-0.25, -0.2) is 8.78 Å². The normalized spacial score (nSPS) is 12.8. The minimum atomic E-state index is -4.64. The number of rotatable bonds is 5. The smallest absolute Gasteiger partial charge is 0.287 e. The van der Waals surface area contributed by atoms with E-state index >= 15 is 0 Å². The van der Waals surface area contributed by atoms with Crippen molar-refractivity contribution in [1.82, 2.24) is 0 Å². The zero-order valence-corrected chi connectivity index (χ0v) is 11.0. The van der Waals surface area contributed by atoms with Gasteiger partial charge in [0.1, 0.15) is 0 Å². The molecule has 1 nitrogen and oxygen atoms in total. The molecule has 1 aromatic rings. The Labute approximate surface area is 109 Å². The first-order valence-corrected chi connectivity index (χ1v) is 5.94. The Morgan fingerprint density at radius 1 is 1.16 bits per heavy atom. The van der Waals surface area contributed by atoms with Gasteiger partial charge in [0.2, 0.25) is 5.78 Å². The van der Waals surface area contributed by atoms with E-state index in [1.165, 1.54) is 24.3 Å². The van der Waals surface area contributed by atoms with E-state index < -0.39 is 23.7 Å². The molecule has 19 heavy (non-hydrogen) atoms. The van der Waals surface area contributed by atoms with Crippen molar-refractivity contribution in [3.8, 4) is 0 Å². The van der Waals surface area contributed by atoms with Crippen LogP contribution in [-0.2, 0) is 5.41 Å². The van der Waals surface area contributed by atoms with Crippen LogP contribution in [-0.4, -0.2) is 18.1 Å². The van der Waals surface area contributed by atoms with Crippen LogP contribution in [0.4, 0.5) is 17.6 Å². The molecule has 0 aliphatic rings. The van der Waals surface area contributed by atoms with Crippen molar-refractivity contribution in [2.75, 3.05) is 0 Å². The molecular formula is C14H16F4O. The van der Waals surface area contributed by atoms with Gasteiger partial charge in [0.15, 0.2) is 0 Å². The fraction of sp³-hybridized carbons (Fsp3) is 0.500. The molecule has 0 heterocycles. The molecule has 1 rings (SSSR count). The minimum Gasteiger partial charge on any atom is -0.287 e. The molecule has 0 aliphatic heterocycles. The summed E-state index contributed by atoms with van der Waals surface area (Å²) in [6, 6.07) is 5.40. The topological polar surface area (TPSA) is 17.1 Å². The highest BCUT2D eigenvalue weighted by Crippen LogP contribution is 2.30. The predicted molar refractivity (Wildman–Crippen MR) is 65.0 cm³/mol. The molecule has 0 aliphatic carbocycles. The van der Waals surface area contributed by atoms with E-state index in [2.05, 4.69) is 0 Å². The lowest BCUT2D eigenvalue weighted by atomic mass is 9.82. The Morgan fingerprint density at radius 2 is 1.63 bits per heavy atom. The van der Waals surface area contributed by atoms with Gasteiger partial charge in [0.25, 0.3) is 0 Å². The standard InChI is InChI=1S/C14H16F4O/c1-4-13(2,3)10-7-5-9(6-8-10)11(19)14(17,18)12(15)16/h5-8,12H,4H2,1-3H3. The maximum atomic E-state index is 12.9. The third kappa shape index (κ3) is 3.14. The molecule has 5 heteroatoms. The molecule has 106 valence electrons. The number of ketones is 1. The lowest BCUT2D eigenvalue weighted by Gasteiger charge is -2.23. The van der Waals surface area contributed by atoms with Gasteiger partial charge in [-0.3, -0.25) is 4.79 Å². The molecule has 0 spiro atoms. The van der Waals surface area contributed by atoms with E-state index in [0.717, 1.165) is 12.0 Å². The van der Waals surface area contributed by atoms with Crippen LogP contribution in [0.2, 0.25) is 0 Å². The maximum absolute atomic E-state index is 12.9. The van der Waals surface area contributed by atoms with Crippen LogP contribution < -0.4 is 0 Å². The first kappa shape index (κ1) is 15.7. The molecule has 0 aromatic heterocycles. The number of benzene rings is 1. The summed E-state index contributed by atoms with van der Waals surface area (Å²) in [6.07, 6.45) is -3.17. The lowest BCUT2D eigenvalue weighted by molar-refractivity contribution is -0.0958. The molecule has 0 fully saturated rings. The van der Waals surface area contributed by atoms with E-state index in [-0.39, 0.29) is 5.41 Å². The van der Waals surface area contributed by atoms with Gasteiger partial charge < -0.3 is 0 Å². The molecule has 0 atom stereocenters. The average molecular weight is 276 g/mol. The molecule has 0 N–H and O–H groups in total. The van der Waals surface area contributed by atoms with E-state index in [1.54, 1.807) is 0 Å². The van der Waals surface area contributed by atoms with Crippen LogP contribution in [0.25, 0.3) is 0 Å². The van der Waals surface area contributed by atoms with Gasteiger partial charge in [-0.1, -0.05) is 45.0 Å². The van der Waals surface area contributed by atoms with Gasteiger partial charge in [-0.05, 0) is 17.4 Å². The third-order valence-corrected chi connectivity index (χ3v) is 3.39. The summed E-state index contributed by atoms with van der Waals surface area (Å²) in [7, 11) is 0. The van der Waals surface area contributed by atoms with Crippen molar-refractivity contribution in [1.29, 1.82) is 0 Å². The second kappa shape index (κ2) is 5.31. The van der Waals surface area contributed by atoms with Gasteiger partial charge >= 0.3 is 12.3 Å². The zero-order valence-electron chi connectivity index (χ0n) is 11.0. The highest BCUT2D eigenvalue weighted by Gasteiger charge is 2.48. The van der Waals surface area contributed by atoms with Gasteiger partial charge in [0, 0.05) is 5.56 Å². The number of Topliss-reactive ketones (excluding diaryl/α,β-unsaturated/α-hetero) is 1. The van der Waals surface area contributed by atoms with E-state index in [4.69, 9.17) is 0 Å². The summed E-state index contributed by atoms with van der Waals surface area (Å²) in [5.41, 5.74) is 0.306. The minimum absolute atomic E-state index is 0.160. The molecule has 0 bridgehead atoms. The Hall–Kier alpha value is -1.39. The van der Waals surface area contributed by atoms with Crippen LogP contribution in [0.15, 0.2) is 24.3 Å². The van der Waals surface area contributed by atoms with Crippen LogP contribution >= 0.6 is 0 Å². The summed E-state index contributed by atoms with van der Waals surface area (Å²) in [5, 5.41) is 0. The molecule has 0 unspecified atom stereocenters. The largest absolute Gasteiger partial charge is 0.368 e. The number of carbonyl (C=O) groups excluding carboxylic acids is 1. The Bertz CT molecular complexity index is 449. The fourth-order valence-electron chi connectivity index (χ4n) is 1.57.